The number of halogens is 1. The number of rotatable bonds is 7. The van der Waals surface area contributed by atoms with Gasteiger partial charge < -0.3 is 9.47 Å². The fourth-order valence-electron chi connectivity index (χ4n) is 2.44. The Hall–Kier alpha value is -2.32. The number of esters is 1. The number of ether oxygens (including phenoxy) is 2. The minimum absolute atomic E-state index is 0.172. The van der Waals surface area contributed by atoms with Crippen LogP contribution in [0.4, 0.5) is 0 Å². The molecule has 3 aromatic rings. The second kappa shape index (κ2) is 9.05. The number of benzene rings is 2. The Bertz CT molecular complexity index is 911. The largest absolute Gasteiger partial charge is 0.497 e. The minimum atomic E-state index is -0.279. The highest BCUT2D eigenvalue weighted by Crippen LogP contribution is 2.29. The summed E-state index contributed by atoms with van der Waals surface area (Å²) >= 11 is 4.75. The molecule has 0 aliphatic rings. The SMILES string of the molecule is CCOC(=O)CSc1nnc(-c2ccc(OC)cc2)n1-c1ccc(Br)cc1. The van der Waals surface area contributed by atoms with Crippen LogP contribution in [0.2, 0.25) is 0 Å². The van der Waals surface area contributed by atoms with E-state index in [1.54, 1.807) is 14.0 Å². The molecular formula is C19H18BrN3O3S. The summed E-state index contributed by atoms with van der Waals surface area (Å²) in [6, 6.07) is 15.4. The van der Waals surface area contributed by atoms with E-state index in [0.717, 1.165) is 21.5 Å². The molecule has 0 atom stereocenters. The number of methoxy groups -OCH3 is 1. The van der Waals surface area contributed by atoms with Gasteiger partial charge in [0, 0.05) is 15.7 Å². The molecule has 27 heavy (non-hydrogen) atoms. The fourth-order valence-corrected chi connectivity index (χ4v) is 3.45. The number of aromatic nitrogens is 3. The first kappa shape index (κ1) is 19.4. The summed E-state index contributed by atoms with van der Waals surface area (Å²) in [5, 5.41) is 9.26. The van der Waals surface area contributed by atoms with Gasteiger partial charge in [0.05, 0.1) is 19.5 Å². The second-order valence-corrected chi connectivity index (χ2v) is 7.30. The highest BCUT2D eigenvalue weighted by molar-refractivity contribution is 9.10. The van der Waals surface area contributed by atoms with Gasteiger partial charge in [0.15, 0.2) is 11.0 Å². The molecule has 0 radical (unpaired) electrons. The molecule has 0 aliphatic heterocycles. The summed E-state index contributed by atoms with van der Waals surface area (Å²) < 4.78 is 13.1. The first-order valence-corrected chi connectivity index (χ1v) is 10.0. The molecule has 6 nitrogen and oxygen atoms in total. The molecule has 1 aromatic heterocycles. The van der Waals surface area contributed by atoms with Crippen LogP contribution in [0.15, 0.2) is 58.2 Å². The van der Waals surface area contributed by atoms with Gasteiger partial charge in [-0.1, -0.05) is 27.7 Å². The van der Waals surface area contributed by atoms with Crippen LogP contribution in [0.5, 0.6) is 5.75 Å². The van der Waals surface area contributed by atoms with Crippen molar-refractivity contribution in [2.45, 2.75) is 12.1 Å². The molecule has 0 spiro atoms. The Balaban J connectivity index is 1.99. The number of carbonyl (C=O) groups is 1. The van der Waals surface area contributed by atoms with E-state index >= 15 is 0 Å². The molecule has 0 saturated carbocycles. The van der Waals surface area contributed by atoms with Crippen LogP contribution in [0.25, 0.3) is 17.1 Å². The predicted octanol–water partition coefficient (Wildman–Crippen LogP) is 4.36. The normalized spacial score (nSPS) is 10.6. The van der Waals surface area contributed by atoms with Crippen molar-refractivity contribution in [3.8, 4) is 22.8 Å². The average Bonchev–Trinajstić information content (AvgIpc) is 3.11. The van der Waals surface area contributed by atoms with Crippen molar-refractivity contribution in [1.29, 1.82) is 0 Å². The van der Waals surface area contributed by atoms with Crippen LogP contribution in [0, 0.1) is 0 Å². The molecule has 1 heterocycles. The molecule has 0 fully saturated rings. The van der Waals surface area contributed by atoms with Gasteiger partial charge >= 0.3 is 5.97 Å². The van der Waals surface area contributed by atoms with Crippen LogP contribution < -0.4 is 4.74 Å². The summed E-state index contributed by atoms with van der Waals surface area (Å²) in [7, 11) is 1.63. The molecule has 0 bridgehead atoms. The lowest BCUT2D eigenvalue weighted by Crippen LogP contribution is -2.08. The van der Waals surface area contributed by atoms with Crippen molar-refractivity contribution >= 4 is 33.7 Å². The van der Waals surface area contributed by atoms with E-state index in [1.807, 2.05) is 53.1 Å². The van der Waals surface area contributed by atoms with Crippen molar-refractivity contribution in [3.05, 3.63) is 53.0 Å². The fraction of sp³-hybridized carbons (Fsp3) is 0.211. The lowest BCUT2D eigenvalue weighted by atomic mass is 10.2. The Morgan fingerprint density at radius 2 is 1.81 bits per heavy atom. The highest BCUT2D eigenvalue weighted by atomic mass is 79.9. The van der Waals surface area contributed by atoms with E-state index in [2.05, 4.69) is 26.1 Å². The first-order valence-electron chi connectivity index (χ1n) is 8.26. The summed E-state index contributed by atoms with van der Waals surface area (Å²) in [5.74, 6) is 1.35. The Labute approximate surface area is 170 Å². The van der Waals surface area contributed by atoms with Crippen molar-refractivity contribution < 1.29 is 14.3 Å². The van der Waals surface area contributed by atoms with Crippen LogP contribution in [0.3, 0.4) is 0 Å². The first-order chi connectivity index (χ1) is 13.1. The zero-order chi connectivity index (χ0) is 19.2. The maximum Gasteiger partial charge on any atom is 0.316 e. The average molecular weight is 448 g/mol. The maximum atomic E-state index is 11.7. The van der Waals surface area contributed by atoms with Gasteiger partial charge in [-0.25, -0.2) is 0 Å². The third kappa shape index (κ3) is 4.70. The van der Waals surface area contributed by atoms with Gasteiger partial charge in [-0.3, -0.25) is 9.36 Å². The molecule has 0 aliphatic carbocycles. The van der Waals surface area contributed by atoms with Crippen molar-refractivity contribution in [2.24, 2.45) is 0 Å². The molecule has 0 saturated heterocycles. The van der Waals surface area contributed by atoms with Crippen molar-refractivity contribution in [3.63, 3.8) is 0 Å². The van der Waals surface area contributed by atoms with E-state index in [9.17, 15) is 4.79 Å². The molecule has 140 valence electrons. The summed E-state index contributed by atoms with van der Waals surface area (Å²) in [6.45, 7) is 2.14. The molecule has 3 rings (SSSR count). The number of hydrogen-bond donors (Lipinski definition) is 0. The van der Waals surface area contributed by atoms with Crippen LogP contribution in [-0.2, 0) is 9.53 Å². The van der Waals surface area contributed by atoms with E-state index in [-0.39, 0.29) is 11.7 Å². The van der Waals surface area contributed by atoms with Crippen LogP contribution in [-0.4, -0.2) is 40.2 Å². The van der Waals surface area contributed by atoms with E-state index < -0.39 is 0 Å². The zero-order valence-electron chi connectivity index (χ0n) is 14.9. The predicted molar refractivity (Wildman–Crippen MR) is 108 cm³/mol. The van der Waals surface area contributed by atoms with Crippen molar-refractivity contribution in [2.75, 3.05) is 19.5 Å². The standard InChI is InChI=1S/C19H18BrN3O3S/c1-3-26-17(24)12-27-19-22-21-18(13-4-10-16(25-2)11-5-13)23(19)15-8-6-14(20)7-9-15/h4-11H,3,12H2,1-2H3. The second-order valence-electron chi connectivity index (χ2n) is 5.44. The Kier molecular flexibility index (Phi) is 6.52. The molecule has 2 aromatic carbocycles. The van der Waals surface area contributed by atoms with Gasteiger partial charge in [-0.2, -0.15) is 0 Å². The van der Waals surface area contributed by atoms with Crippen molar-refractivity contribution in [1.82, 2.24) is 14.8 Å². The van der Waals surface area contributed by atoms with Gasteiger partial charge in [0.1, 0.15) is 5.75 Å². The quantitative estimate of drug-likeness (QED) is 0.395. The molecule has 0 amide bonds. The number of nitrogens with zero attached hydrogens (tertiary/aromatic N) is 3. The van der Waals surface area contributed by atoms with Crippen LogP contribution >= 0.6 is 27.7 Å². The summed E-state index contributed by atoms with van der Waals surface area (Å²) in [4.78, 5) is 11.7. The third-order valence-corrected chi connectivity index (χ3v) is 5.12. The zero-order valence-corrected chi connectivity index (χ0v) is 17.3. The smallest absolute Gasteiger partial charge is 0.316 e. The van der Waals surface area contributed by atoms with Gasteiger partial charge in [-0.15, -0.1) is 10.2 Å². The lowest BCUT2D eigenvalue weighted by Gasteiger charge is -2.11. The number of carbonyl (C=O) groups excluding carboxylic acids is 1. The summed E-state index contributed by atoms with van der Waals surface area (Å²) in [6.07, 6.45) is 0. The minimum Gasteiger partial charge on any atom is -0.497 e. The van der Waals surface area contributed by atoms with Gasteiger partial charge in [0.2, 0.25) is 0 Å². The van der Waals surface area contributed by atoms with Gasteiger partial charge in [0.25, 0.3) is 0 Å². The molecule has 0 N–H and O–H groups in total. The van der Waals surface area contributed by atoms with Crippen LogP contribution in [0.1, 0.15) is 6.92 Å². The highest BCUT2D eigenvalue weighted by Gasteiger charge is 2.17. The lowest BCUT2D eigenvalue weighted by molar-refractivity contribution is -0.139. The third-order valence-electron chi connectivity index (χ3n) is 3.69. The van der Waals surface area contributed by atoms with E-state index in [0.29, 0.717) is 17.6 Å². The Morgan fingerprint density at radius 1 is 1.11 bits per heavy atom. The number of hydrogen-bond acceptors (Lipinski definition) is 6. The maximum absolute atomic E-state index is 11.7. The van der Waals surface area contributed by atoms with E-state index in [4.69, 9.17) is 9.47 Å². The number of thioether (sulfide) groups is 1. The molecule has 8 heteroatoms. The van der Waals surface area contributed by atoms with Gasteiger partial charge in [-0.05, 0) is 55.5 Å². The molecule has 0 unspecified atom stereocenters. The Morgan fingerprint density at radius 3 is 2.44 bits per heavy atom. The summed E-state index contributed by atoms with van der Waals surface area (Å²) in [5.41, 5.74) is 1.80. The van der Waals surface area contributed by atoms with E-state index in [1.165, 1.54) is 11.8 Å². The molecular weight excluding hydrogens is 430 g/mol. The topological polar surface area (TPSA) is 66.2 Å². The monoisotopic (exact) mass is 447 g/mol.